The lowest BCUT2D eigenvalue weighted by atomic mass is 9.96. The summed E-state index contributed by atoms with van der Waals surface area (Å²) in [5, 5.41) is 14.1. The number of nitrogens with zero attached hydrogens (tertiary/aromatic N) is 2. The number of likely N-dealkylation sites (N-methyl/N-ethyl adjacent to an activating group) is 1. The quantitative estimate of drug-likeness (QED) is 0.0128. The van der Waals surface area contributed by atoms with Crippen molar-refractivity contribution in [2.24, 2.45) is 0 Å². The molecule has 0 aliphatic heterocycles. The van der Waals surface area contributed by atoms with E-state index in [-0.39, 0.29) is 43.5 Å². The highest BCUT2D eigenvalue weighted by atomic mass is 32.2. The van der Waals surface area contributed by atoms with Crippen LogP contribution in [0.4, 0.5) is 10.5 Å². The molecule has 0 saturated heterocycles. The molecule has 0 unspecified atom stereocenters. The minimum atomic E-state index is -5.05. The summed E-state index contributed by atoms with van der Waals surface area (Å²) in [6, 6.07) is 38.7. The maximum absolute atomic E-state index is 15.0. The highest BCUT2D eigenvalue weighted by molar-refractivity contribution is 7.89. The molecular formula is C60H66N4O15SSi. The number of ether oxygens (including phenoxy) is 6. The fraction of sp³-hybridized carbons (Fsp3) is 0.300. The maximum Gasteiger partial charge on any atom is 0.410 e. The lowest BCUT2D eigenvalue weighted by Gasteiger charge is -2.42. The van der Waals surface area contributed by atoms with Crippen molar-refractivity contribution in [1.29, 1.82) is 0 Å². The molecule has 0 aromatic heterocycles. The zero-order chi connectivity index (χ0) is 59.0. The van der Waals surface area contributed by atoms with Crippen LogP contribution in [0.25, 0.3) is 0 Å². The maximum atomic E-state index is 15.0. The number of nitrogens with one attached hydrogen (secondary N) is 2. The van der Waals surface area contributed by atoms with E-state index in [4.69, 9.17) is 39.3 Å². The van der Waals surface area contributed by atoms with Gasteiger partial charge in [-0.05, 0) is 83.2 Å². The van der Waals surface area contributed by atoms with Crippen LogP contribution in [0.2, 0.25) is 18.1 Å². The fourth-order valence-electron chi connectivity index (χ4n) is 7.75. The SMILES string of the molecule is C#C[C@](C)(Oc1cc([C@@H](O[Si](C)(C)C(C)(C)C)[C@@H](C(=O)OCc2ccc(OC)cc2)N(C)C(=O)OCc2ccccc2)ccc1OCc1ccccc1)[C@H](NS(=O)(=O)c1ccccc1[N+](=O)[O-])C(=O)NCC(=O)OCc1ccccc1. The number of carbonyl (C=O) groups excluding carboxylic acids is 4. The third kappa shape index (κ3) is 16.7. The first-order valence-corrected chi connectivity index (χ1v) is 30.0. The van der Waals surface area contributed by atoms with Crippen molar-refractivity contribution in [3.8, 4) is 29.6 Å². The van der Waals surface area contributed by atoms with E-state index >= 15 is 0 Å². The molecule has 21 heteroatoms. The van der Waals surface area contributed by atoms with Crippen LogP contribution < -0.4 is 24.2 Å². The molecule has 2 amide bonds. The molecule has 0 fully saturated rings. The van der Waals surface area contributed by atoms with Crippen LogP contribution in [0, 0.1) is 22.5 Å². The predicted octanol–water partition coefficient (Wildman–Crippen LogP) is 9.60. The number of carbonyl (C=O) groups is 4. The van der Waals surface area contributed by atoms with Crippen LogP contribution in [0.5, 0.6) is 17.2 Å². The largest absolute Gasteiger partial charge is 0.497 e. The Hall–Kier alpha value is -8.55. The van der Waals surface area contributed by atoms with E-state index in [0.717, 1.165) is 22.6 Å². The molecule has 81 heavy (non-hydrogen) atoms. The molecule has 426 valence electrons. The normalized spacial score (nSPS) is 13.4. The smallest absolute Gasteiger partial charge is 0.410 e. The summed E-state index contributed by atoms with van der Waals surface area (Å²) in [5.41, 5.74) is -0.397. The van der Waals surface area contributed by atoms with Crippen LogP contribution >= 0.6 is 0 Å². The number of nitro groups is 1. The minimum Gasteiger partial charge on any atom is -0.497 e. The zero-order valence-electron chi connectivity index (χ0n) is 46.3. The van der Waals surface area contributed by atoms with Gasteiger partial charge in [-0.3, -0.25) is 24.6 Å². The molecule has 0 saturated carbocycles. The van der Waals surface area contributed by atoms with Crippen molar-refractivity contribution in [3.63, 3.8) is 0 Å². The van der Waals surface area contributed by atoms with Gasteiger partial charge in [0.1, 0.15) is 44.8 Å². The van der Waals surface area contributed by atoms with Gasteiger partial charge >= 0.3 is 18.0 Å². The third-order valence-corrected chi connectivity index (χ3v) is 19.4. The molecule has 0 radical (unpaired) electrons. The number of para-hydroxylation sites is 1. The van der Waals surface area contributed by atoms with E-state index in [2.05, 4.69) is 16.0 Å². The predicted molar refractivity (Wildman–Crippen MR) is 304 cm³/mol. The molecule has 0 heterocycles. The summed E-state index contributed by atoms with van der Waals surface area (Å²) in [4.78, 5) is 68.5. The number of rotatable bonds is 26. The molecule has 6 aromatic carbocycles. The van der Waals surface area contributed by atoms with Crippen LogP contribution in [-0.4, -0.2) is 88.9 Å². The first-order valence-electron chi connectivity index (χ1n) is 25.6. The summed E-state index contributed by atoms with van der Waals surface area (Å²) < 4.78 is 73.8. The van der Waals surface area contributed by atoms with Crippen LogP contribution in [0.15, 0.2) is 163 Å². The second kappa shape index (κ2) is 27.6. The van der Waals surface area contributed by atoms with Gasteiger partial charge < -0.3 is 38.2 Å². The standard InChI is InChI=1S/C60H66N4O15SSi/c1-10-60(5,55(62-80(71,72)51-29-21-20-28-48(51)64(69)70)56(66)61-37-52(65)75-39-43-24-16-12-17-25-43)78-50-36-46(32-35-49(50)74-38-42-22-14-11-15-23-42)54(79-81(8,9)59(2,3)4)53(57(67)76-40-45-30-33-47(73-7)34-31-45)63(6)58(68)77-41-44-26-18-13-19-27-44/h1,11-36,53-55,62H,37-41H2,2-9H3,(H,61,66)/t53-,54+,55+,60-/m0/s1. The van der Waals surface area contributed by atoms with Gasteiger partial charge in [0.15, 0.2) is 42.4 Å². The Morgan fingerprint density at radius 1 is 0.716 bits per heavy atom. The Bertz CT molecular complexity index is 3280. The van der Waals surface area contributed by atoms with E-state index in [9.17, 15) is 37.7 Å². The molecule has 4 atom stereocenters. The van der Waals surface area contributed by atoms with Crippen LogP contribution in [-0.2, 0) is 69.5 Å². The number of esters is 2. The van der Waals surface area contributed by atoms with Crippen molar-refractivity contribution in [3.05, 3.63) is 196 Å². The van der Waals surface area contributed by atoms with Gasteiger partial charge in [-0.25, -0.2) is 18.0 Å². The second-order valence-corrected chi connectivity index (χ2v) is 26.8. The molecule has 0 bridgehead atoms. The summed E-state index contributed by atoms with van der Waals surface area (Å²) in [7, 11) is -5.17. The van der Waals surface area contributed by atoms with Gasteiger partial charge in [-0.2, -0.15) is 4.72 Å². The van der Waals surface area contributed by atoms with Gasteiger partial charge in [0.2, 0.25) is 15.9 Å². The average Bonchev–Trinajstić information content (AvgIpc) is 3.46. The molecule has 0 aliphatic carbocycles. The van der Waals surface area contributed by atoms with E-state index < -0.39 is 93.2 Å². The fourth-order valence-corrected chi connectivity index (χ4v) is 10.4. The summed E-state index contributed by atoms with van der Waals surface area (Å²) in [6.07, 6.45) is 4.00. The summed E-state index contributed by atoms with van der Waals surface area (Å²) >= 11 is 0. The molecule has 0 aliphatic rings. The number of nitro benzene ring substituents is 1. The Kier molecular flexibility index (Phi) is 21.0. The van der Waals surface area contributed by atoms with Gasteiger partial charge in [-0.1, -0.05) is 148 Å². The molecule has 6 rings (SSSR count). The lowest BCUT2D eigenvalue weighted by Crippen LogP contribution is -2.61. The van der Waals surface area contributed by atoms with E-state index in [1.807, 2.05) is 46.0 Å². The molecule has 2 N–H and O–H groups in total. The van der Waals surface area contributed by atoms with Crippen molar-refractivity contribution in [2.45, 2.75) is 101 Å². The van der Waals surface area contributed by atoms with Gasteiger partial charge in [0.25, 0.3) is 5.69 Å². The Morgan fingerprint density at radius 3 is 1.80 bits per heavy atom. The first kappa shape index (κ1) is 61.7. The Labute approximate surface area is 473 Å². The van der Waals surface area contributed by atoms with Crippen LogP contribution in [0.1, 0.15) is 61.6 Å². The number of terminal acetylenes is 1. The molecule has 0 spiro atoms. The van der Waals surface area contributed by atoms with Crippen molar-refractivity contribution in [1.82, 2.24) is 14.9 Å². The minimum absolute atomic E-state index is 0.00499. The van der Waals surface area contributed by atoms with Gasteiger partial charge in [0, 0.05) is 13.1 Å². The van der Waals surface area contributed by atoms with Crippen molar-refractivity contribution < 1.29 is 65.4 Å². The van der Waals surface area contributed by atoms with Crippen LogP contribution in [0.3, 0.4) is 0 Å². The molecule has 19 nitrogen and oxygen atoms in total. The Balaban J connectivity index is 1.49. The summed E-state index contributed by atoms with van der Waals surface area (Å²) in [6.45, 7) is 9.70. The third-order valence-electron chi connectivity index (χ3n) is 13.4. The zero-order valence-corrected chi connectivity index (χ0v) is 48.1. The number of benzene rings is 6. The average molecular weight is 1140 g/mol. The van der Waals surface area contributed by atoms with E-state index in [1.165, 1.54) is 45.3 Å². The second-order valence-electron chi connectivity index (χ2n) is 20.3. The van der Waals surface area contributed by atoms with E-state index in [1.54, 1.807) is 109 Å². The first-order chi connectivity index (χ1) is 38.4. The number of hydrogen-bond donors (Lipinski definition) is 2. The van der Waals surface area contributed by atoms with Gasteiger partial charge in [-0.15, -0.1) is 6.42 Å². The highest BCUT2D eigenvalue weighted by Crippen LogP contribution is 2.44. The van der Waals surface area contributed by atoms with Crippen molar-refractivity contribution >= 4 is 48.0 Å². The molecular weight excluding hydrogens is 1080 g/mol. The Morgan fingerprint density at radius 2 is 1.25 bits per heavy atom. The summed E-state index contributed by atoms with van der Waals surface area (Å²) in [5.74, 6) is -0.241. The highest BCUT2D eigenvalue weighted by Gasteiger charge is 2.48. The van der Waals surface area contributed by atoms with Crippen molar-refractivity contribution in [2.75, 3.05) is 20.7 Å². The number of methoxy groups -OCH3 is 1. The number of amides is 2. The van der Waals surface area contributed by atoms with Gasteiger partial charge in [0.05, 0.1) is 12.0 Å². The lowest BCUT2D eigenvalue weighted by molar-refractivity contribution is -0.387. The number of hydrogen-bond acceptors (Lipinski definition) is 15. The number of sulfonamides is 1. The molecule has 6 aromatic rings. The monoisotopic (exact) mass is 1140 g/mol. The van der Waals surface area contributed by atoms with E-state index in [0.29, 0.717) is 22.4 Å². The topological polar surface area (TPSA) is 237 Å².